The molecule has 0 aliphatic carbocycles. The maximum atomic E-state index is 11.9. The van der Waals surface area contributed by atoms with Crippen LogP contribution in [0.25, 0.3) is 0 Å². The number of hydrogen-bond donors (Lipinski definition) is 2. The zero-order chi connectivity index (χ0) is 19.9. The highest BCUT2D eigenvalue weighted by Gasteiger charge is 2.17. The van der Waals surface area contributed by atoms with Gasteiger partial charge in [-0.1, -0.05) is 12.1 Å². The van der Waals surface area contributed by atoms with Gasteiger partial charge in [-0.25, -0.2) is 4.98 Å². The Balaban J connectivity index is 2.02. The van der Waals surface area contributed by atoms with Crippen molar-refractivity contribution in [1.82, 2.24) is 4.98 Å². The Morgan fingerprint density at radius 2 is 1.85 bits per heavy atom. The molecule has 2 rings (SSSR count). The van der Waals surface area contributed by atoms with Gasteiger partial charge in [0, 0.05) is 19.3 Å². The second-order valence-corrected chi connectivity index (χ2v) is 6.86. The van der Waals surface area contributed by atoms with Crippen molar-refractivity contribution < 1.29 is 19.0 Å². The van der Waals surface area contributed by atoms with Crippen molar-refractivity contribution in [2.75, 3.05) is 31.3 Å². The summed E-state index contributed by atoms with van der Waals surface area (Å²) in [5.41, 5.74) is 1.16. The molecule has 146 valence electrons. The van der Waals surface area contributed by atoms with Gasteiger partial charge in [0.25, 0.3) is 0 Å². The van der Waals surface area contributed by atoms with Crippen molar-refractivity contribution >= 4 is 17.5 Å². The number of nitrogens with zero attached hydrogens (tertiary/aromatic N) is 1. The number of hydrogen-bond acceptors (Lipinski definition) is 7. The lowest BCUT2D eigenvalue weighted by molar-refractivity contribution is -0.152. The Bertz CT molecular complexity index is 755. The smallest absolute Gasteiger partial charge is 0.325 e. The summed E-state index contributed by atoms with van der Waals surface area (Å²) in [5.74, 6) is 1.61. The molecule has 0 radical (unpaired) electrons. The molecule has 1 aromatic heterocycles. The molecule has 7 heteroatoms. The lowest BCUT2D eigenvalue weighted by Gasteiger charge is -2.20. The fourth-order valence-electron chi connectivity index (χ4n) is 2.36. The Morgan fingerprint density at radius 3 is 2.44 bits per heavy atom. The highest BCUT2D eigenvalue weighted by atomic mass is 16.6. The van der Waals surface area contributed by atoms with Crippen LogP contribution in [0.2, 0.25) is 0 Å². The van der Waals surface area contributed by atoms with E-state index in [0.29, 0.717) is 23.9 Å². The maximum Gasteiger partial charge on any atom is 0.325 e. The fourth-order valence-corrected chi connectivity index (χ4v) is 2.36. The van der Waals surface area contributed by atoms with E-state index in [0.717, 1.165) is 11.3 Å². The molecule has 2 N–H and O–H groups in total. The molecule has 0 bridgehead atoms. The van der Waals surface area contributed by atoms with E-state index in [-0.39, 0.29) is 12.5 Å². The molecular weight excluding hydrogens is 346 g/mol. The Kier molecular flexibility index (Phi) is 6.87. The second kappa shape index (κ2) is 9.12. The number of aromatic nitrogens is 1. The summed E-state index contributed by atoms with van der Waals surface area (Å²) in [7, 11) is 3.41. The fraction of sp³-hybridized carbons (Fsp3) is 0.400. The molecular formula is C20H27N3O4. The van der Waals surface area contributed by atoms with Crippen LogP contribution in [0.5, 0.6) is 11.5 Å². The van der Waals surface area contributed by atoms with Crippen LogP contribution < -0.4 is 20.1 Å². The molecule has 0 amide bonds. The summed E-state index contributed by atoms with van der Waals surface area (Å²) in [4.78, 5) is 16.2. The number of nitrogens with one attached hydrogen (secondary N) is 2. The van der Waals surface area contributed by atoms with Crippen LogP contribution in [-0.4, -0.2) is 37.3 Å². The van der Waals surface area contributed by atoms with E-state index in [2.05, 4.69) is 15.6 Å². The van der Waals surface area contributed by atoms with Crippen molar-refractivity contribution in [3.05, 3.63) is 42.1 Å². The molecule has 0 aliphatic rings. The number of rotatable bonds is 8. The minimum Gasteiger partial charge on any atom is -0.497 e. The van der Waals surface area contributed by atoms with E-state index in [1.54, 1.807) is 26.4 Å². The average Bonchev–Trinajstić information content (AvgIpc) is 2.63. The molecule has 7 nitrogen and oxygen atoms in total. The lowest BCUT2D eigenvalue weighted by atomic mass is 10.2. The molecule has 0 saturated carbocycles. The lowest BCUT2D eigenvalue weighted by Crippen LogP contribution is -2.28. The van der Waals surface area contributed by atoms with E-state index in [4.69, 9.17) is 14.2 Å². The molecule has 0 fully saturated rings. The summed E-state index contributed by atoms with van der Waals surface area (Å²) >= 11 is 0. The molecule has 0 aliphatic heterocycles. The van der Waals surface area contributed by atoms with Crippen molar-refractivity contribution in [1.29, 1.82) is 0 Å². The van der Waals surface area contributed by atoms with Gasteiger partial charge in [0.2, 0.25) is 0 Å². The Hall–Kier alpha value is -2.96. The molecule has 1 aromatic carbocycles. The summed E-state index contributed by atoms with van der Waals surface area (Å²) in [6, 6.07) is 9.44. The van der Waals surface area contributed by atoms with Gasteiger partial charge in [0.15, 0.2) is 5.82 Å². The SMILES string of the molecule is CNc1c(OCc2ccc(OC)cc2)ccnc1NCC(=O)OC(C)(C)C. The maximum absolute atomic E-state index is 11.9. The predicted molar refractivity (Wildman–Crippen MR) is 105 cm³/mol. The van der Waals surface area contributed by atoms with Gasteiger partial charge in [-0.05, 0) is 38.5 Å². The number of benzene rings is 1. The standard InChI is InChI=1S/C20H27N3O4/c1-20(2,3)27-17(24)12-23-19-18(21-4)16(10-11-22-19)26-13-14-6-8-15(25-5)9-7-14/h6-11,21H,12-13H2,1-5H3,(H,22,23). The molecule has 27 heavy (non-hydrogen) atoms. The summed E-state index contributed by atoms with van der Waals surface area (Å²) < 4.78 is 16.4. The third kappa shape index (κ3) is 6.36. The number of pyridine rings is 1. The van der Waals surface area contributed by atoms with Crippen LogP contribution in [0.1, 0.15) is 26.3 Å². The first kappa shape index (κ1) is 20.4. The predicted octanol–water partition coefficient (Wildman–Crippen LogP) is 3.46. The second-order valence-electron chi connectivity index (χ2n) is 6.86. The van der Waals surface area contributed by atoms with E-state index < -0.39 is 5.60 Å². The first-order valence-electron chi connectivity index (χ1n) is 8.70. The van der Waals surface area contributed by atoms with Gasteiger partial charge in [-0.3, -0.25) is 4.79 Å². The van der Waals surface area contributed by atoms with Crippen LogP contribution in [0.4, 0.5) is 11.5 Å². The zero-order valence-electron chi connectivity index (χ0n) is 16.5. The number of esters is 1. The first-order valence-corrected chi connectivity index (χ1v) is 8.70. The highest BCUT2D eigenvalue weighted by molar-refractivity contribution is 5.79. The molecule has 2 aromatic rings. The number of anilines is 2. The average molecular weight is 373 g/mol. The van der Waals surface area contributed by atoms with Crippen molar-refractivity contribution in [2.24, 2.45) is 0 Å². The molecule has 0 unspecified atom stereocenters. The van der Waals surface area contributed by atoms with Crippen molar-refractivity contribution in [2.45, 2.75) is 33.0 Å². The zero-order valence-corrected chi connectivity index (χ0v) is 16.5. The van der Waals surface area contributed by atoms with Crippen LogP contribution in [0.15, 0.2) is 36.5 Å². The normalized spacial score (nSPS) is 10.9. The van der Waals surface area contributed by atoms with Crippen LogP contribution in [-0.2, 0) is 16.1 Å². The quantitative estimate of drug-likeness (QED) is 0.686. The van der Waals surface area contributed by atoms with Crippen LogP contribution in [0, 0.1) is 0 Å². The summed E-state index contributed by atoms with van der Waals surface area (Å²) in [5, 5.41) is 6.06. The van der Waals surface area contributed by atoms with Crippen molar-refractivity contribution in [3.8, 4) is 11.5 Å². The van der Waals surface area contributed by atoms with E-state index in [9.17, 15) is 4.79 Å². The minimum atomic E-state index is -0.526. The number of carbonyl (C=O) groups excluding carboxylic acids is 1. The van der Waals surface area contributed by atoms with E-state index in [1.807, 2.05) is 45.0 Å². The summed E-state index contributed by atoms with van der Waals surface area (Å²) in [6.07, 6.45) is 1.63. The Morgan fingerprint density at radius 1 is 1.15 bits per heavy atom. The first-order chi connectivity index (χ1) is 12.8. The topological polar surface area (TPSA) is 81.7 Å². The van der Waals surface area contributed by atoms with Crippen molar-refractivity contribution in [3.63, 3.8) is 0 Å². The monoisotopic (exact) mass is 373 g/mol. The van der Waals surface area contributed by atoms with Gasteiger partial charge in [0.05, 0.1) is 7.11 Å². The van der Waals surface area contributed by atoms with Gasteiger partial charge in [0.1, 0.15) is 35.9 Å². The van der Waals surface area contributed by atoms with Crippen LogP contribution in [0.3, 0.4) is 0 Å². The van der Waals surface area contributed by atoms with Crippen LogP contribution >= 0.6 is 0 Å². The van der Waals surface area contributed by atoms with Gasteiger partial charge < -0.3 is 24.8 Å². The number of carbonyl (C=O) groups is 1. The number of ether oxygens (including phenoxy) is 3. The highest BCUT2D eigenvalue weighted by Crippen LogP contribution is 2.31. The molecule has 0 atom stereocenters. The minimum absolute atomic E-state index is 0.0148. The molecule has 1 heterocycles. The Labute approximate surface area is 160 Å². The molecule has 0 saturated heterocycles. The third-order valence-corrected chi connectivity index (χ3v) is 3.54. The van der Waals surface area contributed by atoms with Gasteiger partial charge in [-0.15, -0.1) is 0 Å². The van der Waals surface area contributed by atoms with Gasteiger partial charge in [-0.2, -0.15) is 0 Å². The summed E-state index contributed by atoms with van der Waals surface area (Å²) in [6.45, 7) is 5.90. The largest absolute Gasteiger partial charge is 0.497 e. The molecule has 0 spiro atoms. The van der Waals surface area contributed by atoms with E-state index in [1.165, 1.54) is 0 Å². The third-order valence-electron chi connectivity index (χ3n) is 3.54. The number of methoxy groups -OCH3 is 1. The van der Waals surface area contributed by atoms with E-state index >= 15 is 0 Å². The van der Waals surface area contributed by atoms with Gasteiger partial charge >= 0.3 is 5.97 Å².